The molecule has 4 heteroatoms. The third-order valence-electron chi connectivity index (χ3n) is 4.83. The van der Waals surface area contributed by atoms with Gasteiger partial charge in [0.05, 0.1) is 0 Å². The minimum Gasteiger partial charge on any atom is -0.339 e. The van der Waals surface area contributed by atoms with Gasteiger partial charge < -0.3 is 10.3 Å². The van der Waals surface area contributed by atoms with E-state index >= 15 is 0 Å². The van der Waals surface area contributed by atoms with E-state index in [9.17, 15) is 0 Å². The van der Waals surface area contributed by atoms with E-state index < -0.39 is 0 Å². The minimum absolute atomic E-state index is 0.543. The molecule has 4 nitrogen and oxygen atoms in total. The molecule has 0 aliphatic heterocycles. The highest BCUT2D eigenvalue weighted by Crippen LogP contribution is 2.28. The van der Waals surface area contributed by atoms with Gasteiger partial charge in [0.25, 0.3) is 0 Å². The molecule has 122 valence electrons. The highest BCUT2D eigenvalue weighted by molar-refractivity contribution is 5.54. The van der Waals surface area contributed by atoms with Crippen LogP contribution >= 0.6 is 0 Å². The van der Waals surface area contributed by atoms with Crippen LogP contribution in [0.25, 0.3) is 11.4 Å². The van der Waals surface area contributed by atoms with Crippen molar-refractivity contribution >= 4 is 0 Å². The first-order chi connectivity index (χ1) is 11.8. The van der Waals surface area contributed by atoms with E-state index in [0.29, 0.717) is 18.3 Å². The van der Waals surface area contributed by atoms with Gasteiger partial charge in [0, 0.05) is 18.5 Å². The molecule has 1 aliphatic rings. The maximum atomic E-state index is 5.63. The van der Waals surface area contributed by atoms with Crippen molar-refractivity contribution in [2.75, 3.05) is 0 Å². The molecule has 1 unspecified atom stereocenters. The van der Waals surface area contributed by atoms with Gasteiger partial charge >= 0.3 is 0 Å². The number of fused-ring (bicyclic) bond motifs is 1. The SMILES string of the molecule is NCc1ccc(-c2noc(CC3CCc4ccccc4C3)n2)cc1. The number of nitrogens with zero attached hydrogens (tertiary/aromatic N) is 2. The van der Waals surface area contributed by atoms with Gasteiger partial charge in [0.15, 0.2) is 0 Å². The van der Waals surface area contributed by atoms with Crippen molar-refractivity contribution in [3.63, 3.8) is 0 Å². The van der Waals surface area contributed by atoms with Gasteiger partial charge in [0.2, 0.25) is 11.7 Å². The highest BCUT2D eigenvalue weighted by Gasteiger charge is 2.21. The van der Waals surface area contributed by atoms with Crippen molar-refractivity contribution in [3.05, 3.63) is 71.1 Å². The molecule has 0 radical (unpaired) electrons. The summed E-state index contributed by atoms with van der Waals surface area (Å²) >= 11 is 0. The molecule has 2 aromatic carbocycles. The molecule has 24 heavy (non-hydrogen) atoms. The lowest BCUT2D eigenvalue weighted by molar-refractivity contribution is 0.339. The molecule has 0 bridgehead atoms. The molecule has 1 aliphatic carbocycles. The summed E-state index contributed by atoms with van der Waals surface area (Å²) in [6.45, 7) is 0.543. The molecule has 0 saturated carbocycles. The molecule has 0 amide bonds. The monoisotopic (exact) mass is 319 g/mol. The Labute approximate surface area is 141 Å². The molecule has 3 aromatic rings. The summed E-state index contributed by atoms with van der Waals surface area (Å²) < 4.78 is 5.48. The first-order valence-corrected chi connectivity index (χ1v) is 8.50. The summed E-state index contributed by atoms with van der Waals surface area (Å²) in [5, 5.41) is 4.13. The zero-order valence-electron chi connectivity index (χ0n) is 13.6. The number of hydrogen-bond acceptors (Lipinski definition) is 4. The van der Waals surface area contributed by atoms with Crippen molar-refractivity contribution in [1.29, 1.82) is 0 Å². The number of hydrogen-bond donors (Lipinski definition) is 1. The Hall–Kier alpha value is -2.46. The second kappa shape index (κ2) is 6.57. The zero-order chi connectivity index (χ0) is 16.4. The summed E-state index contributed by atoms with van der Waals surface area (Å²) in [5.74, 6) is 1.97. The van der Waals surface area contributed by atoms with Crippen LogP contribution in [0.1, 0.15) is 29.0 Å². The van der Waals surface area contributed by atoms with Gasteiger partial charge in [-0.05, 0) is 41.9 Å². The second-order valence-corrected chi connectivity index (χ2v) is 6.49. The smallest absolute Gasteiger partial charge is 0.227 e. The fraction of sp³-hybridized carbons (Fsp3) is 0.300. The highest BCUT2D eigenvalue weighted by atomic mass is 16.5. The van der Waals surface area contributed by atoms with Crippen LogP contribution in [0.4, 0.5) is 0 Å². The molecule has 1 aromatic heterocycles. The van der Waals surface area contributed by atoms with Crippen LogP contribution < -0.4 is 5.73 Å². The Balaban J connectivity index is 1.46. The average Bonchev–Trinajstić information content (AvgIpc) is 3.10. The average molecular weight is 319 g/mol. The molecular formula is C20H21N3O. The summed E-state index contributed by atoms with van der Waals surface area (Å²) in [4.78, 5) is 4.58. The zero-order valence-corrected chi connectivity index (χ0v) is 13.6. The lowest BCUT2D eigenvalue weighted by Gasteiger charge is -2.23. The normalized spacial score (nSPS) is 16.8. The van der Waals surface area contributed by atoms with Gasteiger partial charge in [-0.25, -0.2) is 0 Å². The first kappa shape index (κ1) is 15.1. The second-order valence-electron chi connectivity index (χ2n) is 6.49. The number of benzene rings is 2. The van der Waals surface area contributed by atoms with Crippen LogP contribution in [0.15, 0.2) is 53.1 Å². The van der Waals surface area contributed by atoms with E-state index in [2.05, 4.69) is 34.4 Å². The Kier molecular flexibility index (Phi) is 4.13. The van der Waals surface area contributed by atoms with Gasteiger partial charge in [-0.2, -0.15) is 4.98 Å². The van der Waals surface area contributed by atoms with Crippen LogP contribution in [-0.2, 0) is 25.8 Å². The Morgan fingerprint density at radius 1 is 1.04 bits per heavy atom. The topological polar surface area (TPSA) is 64.9 Å². The summed E-state index contributed by atoms with van der Waals surface area (Å²) in [6.07, 6.45) is 4.27. The van der Waals surface area contributed by atoms with Crippen molar-refractivity contribution in [1.82, 2.24) is 10.1 Å². The lowest BCUT2D eigenvalue weighted by Crippen LogP contribution is -2.16. The maximum Gasteiger partial charge on any atom is 0.227 e. The Morgan fingerprint density at radius 3 is 2.62 bits per heavy atom. The Morgan fingerprint density at radius 2 is 1.83 bits per heavy atom. The quantitative estimate of drug-likeness (QED) is 0.799. The fourth-order valence-electron chi connectivity index (χ4n) is 3.44. The fourth-order valence-corrected chi connectivity index (χ4v) is 3.44. The predicted octanol–water partition coefficient (Wildman–Crippen LogP) is 3.54. The van der Waals surface area contributed by atoms with E-state index in [-0.39, 0.29) is 0 Å². The van der Waals surface area contributed by atoms with E-state index in [1.54, 1.807) is 0 Å². The van der Waals surface area contributed by atoms with Crippen LogP contribution in [0.3, 0.4) is 0 Å². The molecule has 4 rings (SSSR count). The van der Waals surface area contributed by atoms with Crippen LogP contribution in [0.2, 0.25) is 0 Å². The predicted molar refractivity (Wildman–Crippen MR) is 93.3 cm³/mol. The standard InChI is InChI=1S/C20H21N3O/c21-13-14-5-9-17(10-6-14)20-22-19(24-23-20)12-15-7-8-16-3-1-2-4-18(16)11-15/h1-6,9-10,15H,7-8,11-13,21H2. The van der Waals surface area contributed by atoms with Gasteiger partial charge in [-0.15, -0.1) is 0 Å². The van der Waals surface area contributed by atoms with Crippen molar-refractivity contribution in [2.24, 2.45) is 11.7 Å². The third-order valence-corrected chi connectivity index (χ3v) is 4.83. The lowest BCUT2D eigenvalue weighted by atomic mass is 9.82. The molecule has 0 saturated heterocycles. The molecule has 1 atom stereocenters. The van der Waals surface area contributed by atoms with Crippen LogP contribution in [-0.4, -0.2) is 10.1 Å². The summed E-state index contributed by atoms with van der Waals surface area (Å²) in [5.41, 5.74) is 10.6. The van der Waals surface area contributed by atoms with Crippen molar-refractivity contribution in [3.8, 4) is 11.4 Å². The van der Waals surface area contributed by atoms with Gasteiger partial charge in [-0.3, -0.25) is 0 Å². The van der Waals surface area contributed by atoms with Gasteiger partial charge in [0.1, 0.15) is 0 Å². The molecule has 1 heterocycles. The first-order valence-electron chi connectivity index (χ1n) is 8.50. The molecule has 0 fully saturated rings. The van der Waals surface area contributed by atoms with Crippen molar-refractivity contribution in [2.45, 2.75) is 32.2 Å². The largest absolute Gasteiger partial charge is 0.339 e. The number of nitrogens with two attached hydrogens (primary N) is 1. The van der Waals surface area contributed by atoms with Crippen LogP contribution in [0.5, 0.6) is 0 Å². The molecular weight excluding hydrogens is 298 g/mol. The number of aryl methyl sites for hydroxylation is 1. The maximum absolute atomic E-state index is 5.63. The van der Waals surface area contributed by atoms with Gasteiger partial charge in [-0.1, -0.05) is 53.7 Å². The van der Waals surface area contributed by atoms with E-state index in [4.69, 9.17) is 10.3 Å². The van der Waals surface area contributed by atoms with E-state index in [0.717, 1.165) is 36.3 Å². The number of rotatable bonds is 4. The van der Waals surface area contributed by atoms with Crippen LogP contribution in [0, 0.1) is 5.92 Å². The minimum atomic E-state index is 0.543. The van der Waals surface area contributed by atoms with Crippen molar-refractivity contribution < 1.29 is 4.52 Å². The Bertz CT molecular complexity index is 823. The summed E-state index contributed by atoms with van der Waals surface area (Å²) in [7, 11) is 0. The molecule has 0 spiro atoms. The summed E-state index contributed by atoms with van der Waals surface area (Å²) in [6, 6.07) is 16.7. The molecule has 2 N–H and O–H groups in total. The third kappa shape index (κ3) is 3.10. The van der Waals surface area contributed by atoms with E-state index in [1.165, 1.54) is 17.5 Å². The van der Waals surface area contributed by atoms with E-state index in [1.807, 2.05) is 24.3 Å². The number of aromatic nitrogens is 2.